The molecule has 0 saturated carbocycles. The minimum atomic E-state index is -0.528. The number of rotatable bonds is 7. The fourth-order valence-electron chi connectivity index (χ4n) is 2.91. The van der Waals surface area contributed by atoms with Crippen LogP contribution in [0.2, 0.25) is 0 Å². The Morgan fingerprint density at radius 3 is 1.96 bits per heavy atom. The van der Waals surface area contributed by atoms with Crippen LogP contribution in [0, 0.1) is 0 Å². The van der Waals surface area contributed by atoms with Crippen molar-refractivity contribution in [1.82, 2.24) is 14.1 Å². The van der Waals surface area contributed by atoms with Gasteiger partial charge < -0.3 is 4.74 Å². The van der Waals surface area contributed by atoms with Gasteiger partial charge in [0.25, 0.3) is 0 Å². The molecule has 0 aliphatic carbocycles. The summed E-state index contributed by atoms with van der Waals surface area (Å²) in [5, 5.41) is 0.406. The molecule has 0 amide bonds. The summed E-state index contributed by atoms with van der Waals surface area (Å²) in [5.41, 5.74) is 2.15. The zero-order valence-electron chi connectivity index (χ0n) is 16.2. The van der Waals surface area contributed by atoms with Crippen LogP contribution in [0.15, 0.2) is 63.3 Å². The fraction of sp³-hybridized carbons (Fsp3) is 0.286. The minimum absolute atomic E-state index is 0.200. The Morgan fingerprint density at radius 1 is 0.893 bits per heavy atom. The maximum absolute atomic E-state index is 13.1. The van der Waals surface area contributed by atoms with Gasteiger partial charge in [0.1, 0.15) is 5.75 Å². The van der Waals surface area contributed by atoms with Crippen molar-refractivity contribution in [3.8, 4) is 5.75 Å². The van der Waals surface area contributed by atoms with Gasteiger partial charge in [-0.15, -0.1) is 0 Å². The number of hydrogen-bond acceptors (Lipinski definition) is 5. The number of methoxy groups -OCH3 is 1. The molecule has 146 valence electrons. The van der Waals surface area contributed by atoms with Crippen molar-refractivity contribution in [2.75, 3.05) is 13.4 Å². The highest BCUT2D eigenvalue weighted by atomic mass is 32.2. The number of ether oxygens (including phenoxy) is 1. The Labute approximate surface area is 167 Å². The molecular formula is C21H23N3O3S. The van der Waals surface area contributed by atoms with Gasteiger partial charge >= 0.3 is 11.4 Å². The van der Waals surface area contributed by atoms with Crippen LogP contribution in [-0.2, 0) is 19.5 Å². The van der Waals surface area contributed by atoms with Gasteiger partial charge in [-0.2, -0.15) is 4.98 Å². The molecule has 6 nitrogen and oxygen atoms in total. The van der Waals surface area contributed by atoms with Gasteiger partial charge in [0.2, 0.25) is 0 Å². The molecule has 0 unspecified atom stereocenters. The van der Waals surface area contributed by atoms with Gasteiger partial charge in [-0.25, -0.2) is 14.2 Å². The third-order valence-corrected chi connectivity index (χ3v) is 5.25. The van der Waals surface area contributed by atoms with E-state index >= 15 is 0 Å². The van der Waals surface area contributed by atoms with Gasteiger partial charge in [0.15, 0.2) is 5.16 Å². The van der Waals surface area contributed by atoms with E-state index in [9.17, 15) is 9.59 Å². The quantitative estimate of drug-likeness (QED) is 0.574. The van der Waals surface area contributed by atoms with Crippen LogP contribution in [0.5, 0.6) is 5.75 Å². The predicted octanol–water partition coefficient (Wildman–Crippen LogP) is 2.79. The van der Waals surface area contributed by atoms with Crippen LogP contribution in [-0.4, -0.2) is 27.5 Å². The standard InChI is InChI=1S/C21H23N3O3S/c1-4-15-5-7-16(8-6-15)13-23-19(25)22-20(28-3)24(21(23)26)14-17-9-11-18(27-2)12-10-17/h5-12H,4,13-14H2,1-3H3. The first-order chi connectivity index (χ1) is 13.5. The topological polar surface area (TPSA) is 66.1 Å². The van der Waals surface area contributed by atoms with Crippen LogP contribution in [0.3, 0.4) is 0 Å². The lowest BCUT2D eigenvalue weighted by atomic mass is 10.1. The molecule has 0 radical (unpaired) electrons. The maximum Gasteiger partial charge on any atom is 0.354 e. The van der Waals surface area contributed by atoms with E-state index in [2.05, 4.69) is 11.9 Å². The summed E-state index contributed by atoms with van der Waals surface area (Å²) in [5.74, 6) is 0.750. The lowest BCUT2D eigenvalue weighted by Crippen LogP contribution is -2.42. The summed E-state index contributed by atoms with van der Waals surface area (Å²) in [6.07, 6.45) is 2.75. The van der Waals surface area contributed by atoms with E-state index < -0.39 is 5.69 Å². The first-order valence-corrected chi connectivity index (χ1v) is 10.2. The number of aromatic nitrogens is 3. The molecule has 7 heteroatoms. The van der Waals surface area contributed by atoms with Crippen molar-refractivity contribution in [3.63, 3.8) is 0 Å². The van der Waals surface area contributed by atoms with E-state index in [1.165, 1.54) is 26.5 Å². The molecule has 0 saturated heterocycles. The van der Waals surface area contributed by atoms with Gasteiger partial charge in [-0.05, 0) is 41.5 Å². The van der Waals surface area contributed by atoms with Crippen molar-refractivity contribution in [3.05, 3.63) is 86.2 Å². The van der Waals surface area contributed by atoms with Crippen molar-refractivity contribution in [2.24, 2.45) is 0 Å². The Balaban J connectivity index is 1.97. The lowest BCUT2D eigenvalue weighted by Gasteiger charge is -2.13. The predicted molar refractivity (Wildman–Crippen MR) is 112 cm³/mol. The van der Waals surface area contributed by atoms with Crippen LogP contribution < -0.4 is 16.1 Å². The molecule has 0 fully saturated rings. The van der Waals surface area contributed by atoms with E-state index in [1.54, 1.807) is 13.4 Å². The molecule has 0 bridgehead atoms. The second kappa shape index (κ2) is 8.93. The number of aryl methyl sites for hydroxylation is 1. The number of nitrogens with zero attached hydrogens (tertiary/aromatic N) is 3. The highest BCUT2D eigenvalue weighted by Crippen LogP contribution is 2.14. The van der Waals surface area contributed by atoms with Gasteiger partial charge in [0.05, 0.1) is 20.2 Å². The van der Waals surface area contributed by atoms with E-state index in [0.29, 0.717) is 11.7 Å². The molecule has 28 heavy (non-hydrogen) atoms. The van der Waals surface area contributed by atoms with Gasteiger partial charge in [-0.3, -0.25) is 4.57 Å². The summed E-state index contributed by atoms with van der Waals surface area (Å²) >= 11 is 1.28. The zero-order chi connectivity index (χ0) is 20.1. The number of hydrogen-bond donors (Lipinski definition) is 0. The molecule has 0 aliphatic rings. The second-order valence-corrected chi connectivity index (χ2v) is 7.13. The Hall–Kier alpha value is -2.80. The molecule has 0 N–H and O–H groups in total. The normalized spacial score (nSPS) is 10.8. The van der Waals surface area contributed by atoms with E-state index in [0.717, 1.165) is 23.3 Å². The van der Waals surface area contributed by atoms with E-state index in [-0.39, 0.29) is 12.2 Å². The molecule has 1 heterocycles. The first-order valence-electron chi connectivity index (χ1n) is 9.02. The van der Waals surface area contributed by atoms with Crippen molar-refractivity contribution in [1.29, 1.82) is 0 Å². The average Bonchev–Trinajstić information content (AvgIpc) is 2.73. The highest BCUT2D eigenvalue weighted by molar-refractivity contribution is 7.98. The van der Waals surface area contributed by atoms with Crippen LogP contribution in [0.4, 0.5) is 0 Å². The van der Waals surface area contributed by atoms with E-state index in [4.69, 9.17) is 4.74 Å². The second-order valence-electron chi connectivity index (χ2n) is 6.35. The Morgan fingerprint density at radius 2 is 1.43 bits per heavy atom. The third-order valence-electron chi connectivity index (χ3n) is 4.57. The molecule has 1 aromatic heterocycles. The van der Waals surface area contributed by atoms with Crippen molar-refractivity contribution >= 4 is 11.8 Å². The molecule has 3 aromatic rings. The molecule has 3 rings (SSSR count). The summed E-state index contributed by atoms with van der Waals surface area (Å²) in [4.78, 5) is 29.6. The molecular weight excluding hydrogens is 374 g/mol. The molecule has 0 aliphatic heterocycles. The van der Waals surface area contributed by atoms with Crippen LogP contribution in [0.1, 0.15) is 23.6 Å². The first kappa shape index (κ1) is 19.9. The monoisotopic (exact) mass is 397 g/mol. The SMILES string of the molecule is CCc1ccc(Cn2c(=O)nc(SC)n(Cc3ccc(OC)cc3)c2=O)cc1. The maximum atomic E-state index is 13.1. The highest BCUT2D eigenvalue weighted by Gasteiger charge is 2.13. The Kier molecular flexibility index (Phi) is 6.36. The van der Waals surface area contributed by atoms with Crippen molar-refractivity contribution in [2.45, 2.75) is 31.6 Å². The van der Waals surface area contributed by atoms with Crippen molar-refractivity contribution < 1.29 is 4.74 Å². The smallest absolute Gasteiger partial charge is 0.354 e. The zero-order valence-corrected chi connectivity index (χ0v) is 17.0. The largest absolute Gasteiger partial charge is 0.497 e. The molecule has 0 spiro atoms. The average molecular weight is 398 g/mol. The van der Waals surface area contributed by atoms with E-state index in [1.807, 2.05) is 48.5 Å². The third kappa shape index (κ3) is 4.36. The summed E-state index contributed by atoms with van der Waals surface area (Å²) in [7, 11) is 1.61. The van der Waals surface area contributed by atoms with Crippen LogP contribution in [0.25, 0.3) is 0 Å². The summed E-state index contributed by atoms with van der Waals surface area (Å²) in [6, 6.07) is 15.4. The lowest BCUT2D eigenvalue weighted by molar-refractivity contribution is 0.414. The minimum Gasteiger partial charge on any atom is -0.497 e. The summed E-state index contributed by atoms with van der Waals surface area (Å²) < 4.78 is 7.90. The summed E-state index contributed by atoms with van der Waals surface area (Å²) in [6.45, 7) is 2.62. The Bertz CT molecular complexity index is 1050. The molecule has 0 atom stereocenters. The number of thioether (sulfide) groups is 1. The van der Waals surface area contributed by atoms with Crippen LogP contribution >= 0.6 is 11.8 Å². The van der Waals surface area contributed by atoms with Gasteiger partial charge in [-0.1, -0.05) is 55.1 Å². The molecule has 2 aromatic carbocycles. The van der Waals surface area contributed by atoms with Gasteiger partial charge in [0, 0.05) is 0 Å². The fourth-order valence-corrected chi connectivity index (χ4v) is 3.45. The number of benzene rings is 2.